The molecule has 0 amide bonds. The summed E-state index contributed by atoms with van der Waals surface area (Å²) in [5.41, 5.74) is 10.9. The van der Waals surface area contributed by atoms with E-state index in [1.165, 1.54) is 4.31 Å². The van der Waals surface area contributed by atoms with E-state index in [1.807, 2.05) is 56.3 Å². The van der Waals surface area contributed by atoms with Crippen molar-refractivity contribution in [1.82, 2.24) is 4.57 Å². The Balaban J connectivity index is 1.78. The van der Waals surface area contributed by atoms with Crippen molar-refractivity contribution in [3.8, 4) is 17.0 Å². The lowest BCUT2D eigenvalue weighted by Crippen LogP contribution is -2.24. The lowest BCUT2D eigenvalue weighted by molar-refractivity contribution is 0.242. The predicted octanol–water partition coefficient (Wildman–Crippen LogP) is 4.24. The van der Waals surface area contributed by atoms with Gasteiger partial charge in [-0.3, -0.25) is 4.31 Å². The molecule has 4 rings (SSSR count). The second-order valence-corrected chi connectivity index (χ2v) is 9.65. The second kappa shape index (κ2) is 7.30. The molecule has 0 radical (unpaired) electrons. The number of benzene rings is 2. The van der Waals surface area contributed by atoms with Crippen molar-refractivity contribution in [3.63, 3.8) is 0 Å². The fourth-order valence-corrected chi connectivity index (χ4v) is 5.62. The van der Waals surface area contributed by atoms with Gasteiger partial charge < -0.3 is 15.0 Å². The maximum absolute atomic E-state index is 12.2. The van der Waals surface area contributed by atoms with E-state index >= 15 is 0 Å². The maximum Gasteiger partial charge on any atom is 0.235 e. The Morgan fingerprint density at radius 2 is 1.86 bits per heavy atom. The standard InChI is InChI=1S/C22H27N3O3S/c1-4-24-20-14-18(28-15(2)3)10-11-19(20)21(23)22(24)16-6-8-17(9-7-16)25-12-5-13-29(25,26)27/h6-11,14-15H,4-5,12-13,23H2,1-3H3. The quantitative estimate of drug-likeness (QED) is 0.679. The number of nitrogen functional groups attached to an aromatic ring is 1. The van der Waals surface area contributed by atoms with Crippen LogP contribution >= 0.6 is 0 Å². The average Bonchev–Trinajstić information content (AvgIpc) is 3.17. The first-order valence-corrected chi connectivity index (χ1v) is 11.6. The fourth-order valence-electron chi connectivity index (χ4n) is 4.06. The molecule has 3 aromatic rings. The van der Waals surface area contributed by atoms with Gasteiger partial charge in [0.15, 0.2) is 0 Å². The normalized spacial score (nSPS) is 16.1. The molecule has 2 N–H and O–H groups in total. The first-order valence-electron chi connectivity index (χ1n) is 10.0. The zero-order chi connectivity index (χ0) is 20.8. The van der Waals surface area contributed by atoms with E-state index in [1.54, 1.807) is 0 Å². The zero-order valence-electron chi connectivity index (χ0n) is 17.1. The second-order valence-electron chi connectivity index (χ2n) is 7.64. The highest BCUT2D eigenvalue weighted by Gasteiger charge is 2.28. The van der Waals surface area contributed by atoms with Crippen LogP contribution in [0.1, 0.15) is 27.2 Å². The molecule has 1 saturated heterocycles. The highest BCUT2D eigenvalue weighted by atomic mass is 32.2. The van der Waals surface area contributed by atoms with Crippen molar-refractivity contribution in [2.75, 3.05) is 22.3 Å². The van der Waals surface area contributed by atoms with E-state index in [0.717, 1.165) is 40.1 Å². The number of nitrogens with zero attached hydrogens (tertiary/aromatic N) is 2. The van der Waals surface area contributed by atoms with E-state index in [2.05, 4.69) is 11.5 Å². The van der Waals surface area contributed by atoms with Crippen LogP contribution in [0.4, 0.5) is 11.4 Å². The van der Waals surface area contributed by atoms with Gasteiger partial charge in [0.25, 0.3) is 0 Å². The maximum atomic E-state index is 12.2. The minimum atomic E-state index is -3.18. The van der Waals surface area contributed by atoms with Crippen molar-refractivity contribution >= 4 is 32.3 Å². The third kappa shape index (κ3) is 3.44. The van der Waals surface area contributed by atoms with Crippen LogP contribution in [0.3, 0.4) is 0 Å². The Morgan fingerprint density at radius 1 is 1.14 bits per heavy atom. The molecule has 0 unspecified atom stereocenters. The van der Waals surface area contributed by atoms with Crippen molar-refractivity contribution in [2.24, 2.45) is 0 Å². The molecule has 6 nitrogen and oxygen atoms in total. The zero-order valence-corrected chi connectivity index (χ0v) is 17.9. The van der Waals surface area contributed by atoms with Gasteiger partial charge in [-0.25, -0.2) is 8.42 Å². The number of aromatic nitrogens is 1. The summed E-state index contributed by atoms with van der Waals surface area (Å²) in [4.78, 5) is 0. The number of hydrogen-bond acceptors (Lipinski definition) is 4. The molecule has 0 atom stereocenters. The van der Waals surface area contributed by atoms with Gasteiger partial charge in [0.1, 0.15) is 5.75 Å². The molecule has 1 aliphatic heterocycles. The van der Waals surface area contributed by atoms with Crippen LogP contribution < -0.4 is 14.8 Å². The van der Waals surface area contributed by atoms with Gasteiger partial charge in [0.05, 0.1) is 34.4 Å². The Morgan fingerprint density at radius 3 is 2.45 bits per heavy atom. The molecule has 0 saturated carbocycles. The molecule has 0 bridgehead atoms. The van der Waals surface area contributed by atoms with Crippen molar-refractivity contribution in [1.29, 1.82) is 0 Å². The number of rotatable bonds is 5. The van der Waals surface area contributed by atoms with Gasteiger partial charge in [-0.05, 0) is 51.5 Å². The largest absolute Gasteiger partial charge is 0.491 e. The lowest BCUT2D eigenvalue weighted by atomic mass is 10.1. The van der Waals surface area contributed by atoms with Crippen LogP contribution in [0.15, 0.2) is 42.5 Å². The van der Waals surface area contributed by atoms with Crippen LogP contribution in [-0.2, 0) is 16.6 Å². The SMILES string of the molecule is CCn1c(-c2ccc(N3CCCS3(=O)=O)cc2)c(N)c2ccc(OC(C)C)cc21. The third-order valence-corrected chi connectivity index (χ3v) is 7.16. The summed E-state index contributed by atoms with van der Waals surface area (Å²) in [6.07, 6.45) is 0.769. The summed E-state index contributed by atoms with van der Waals surface area (Å²) in [6, 6.07) is 13.6. The summed E-state index contributed by atoms with van der Waals surface area (Å²) in [5.74, 6) is 1.04. The lowest BCUT2D eigenvalue weighted by Gasteiger charge is -2.17. The highest BCUT2D eigenvalue weighted by molar-refractivity contribution is 7.93. The average molecular weight is 414 g/mol. The molecule has 1 aromatic heterocycles. The molecular weight excluding hydrogens is 386 g/mol. The van der Waals surface area contributed by atoms with Gasteiger partial charge in [0.2, 0.25) is 10.0 Å². The van der Waals surface area contributed by atoms with Gasteiger partial charge in [-0.15, -0.1) is 0 Å². The Kier molecular flexibility index (Phi) is 4.94. The van der Waals surface area contributed by atoms with E-state index < -0.39 is 10.0 Å². The van der Waals surface area contributed by atoms with Crippen LogP contribution in [0, 0.1) is 0 Å². The predicted molar refractivity (Wildman–Crippen MR) is 119 cm³/mol. The minimum absolute atomic E-state index is 0.101. The van der Waals surface area contributed by atoms with Crippen LogP contribution in [0.25, 0.3) is 22.2 Å². The molecule has 154 valence electrons. The van der Waals surface area contributed by atoms with Crippen molar-refractivity contribution < 1.29 is 13.2 Å². The summed E-state index contributed by atoms with van der Waals surface area (Å²) in [6.45, 7) is 7.40. The molecule has 0 spiro atoms. The fraction of sp³-hybridized carbons (Fsp3) is 0.364. The van der Waals surface area contributed by atoms with Crippen molar-refractivity contribution in [2.45, 2.75) is 39.8 Å². The molecule has 1 fully saturated rings. The van der Waals surface area contributed by atoms with E-state index in [0.29, 0.717) is 18.7 Å². The van der Waals surface area contributed by atoms with Gasteiger partial charge in [0, 0.05) is 30.1 Å². The molecule has 1 aliphatic rings. The Bertz CT molecular complexity index is 1150. The van der Waals surface area contributed by atoms with Crippen LogP contribution in [0.5, 0.6) is 5.75 Å². The third-order valence-electron chi connectivity index (χ3n) is 5.29. The number of ether oxygens (including phenoxy) is 1. The Labute approximate surface area is 171 Å². The molecule has 0 aliphatic carbocycles. The van der Waals surface area contributed by atoms with Crippen molar-refractivity contribution in [3.05, 3.63) is 42.5 Å². The van der Waals surface area contributed by atoms with Crippen LogP contribution in [0.2, 0.25) is 0 Å². The van der Waals surface area contributed by atoms with Gasteiger partial charge in [-0.2, -0.15) is 0 Å². The number of sulfonamides is 1. The molecule has 2 heterocycles. The first-order chi connectivity index (χ1) is 13.8. The van der Waals surface area contributed by atoms with E-state index in [-0.39, 0.29) is 11.9 Å². The molecular formula is C22H27N3O3S. The van der Waals surface area contributed by atoms with Gasteiger partial charge in [-0.1, -0.05) is 12.1 Å². The number of hydrogen-bond donors (Lipinski definition) is 1. The smallest absolute Gasteiger partial charge is 0.235 e. The molecule has 7 heteroatoms. The first kappa shape index (κ1) is 19.6. The highest BCUT2D eigenvalue weighted by Crippen LogP contribution is 2.38. The molecule has 29 heavy (non-hydrogen) atoms. The summed E-state index contributed by atoms with van der Waals surface area (Å²) < 4.78 is 33.9. The van der Waals surface area contributed by atoms with Gasteiger partial charge >= 0.3 is 0 Å². The topological polar surface area (TPSA) is 77.6 Å². The Hall–Kier alpha value is -2.67. The number of nitrogens with two attached hydrogens (primary N) is 1. The van der Waals surface area contributed by atoms with Crippen LogP contribution in [-0.4, -0.2) is 31.4 Å². The summed E-state index contributed by atoms with van der Waals surface area (Å²) in [5, 5.41) is 0.990. The molecule has 2 aromatic carbocycles. The number of fused-ring (bicyclic) bond motifs is 1. The minimum Gasteiger partial charge on any atom is -0.491 e. The summed E-state index contributed by atoms with van der Waals surface area (Å²) >= 11 is 0. The summed E-state index contributed by atoms with van der Waals surface area (Å²) in [7, 11) is -3.18. The van der Waals surface area contributed by atoms with E-state index in [4.69, 9.17) is 10.5 Å². The van der Waals surface area contributed by atoms with E-state index in [9.17, 15) is 8.42 Å². The number of anilines is 2. The number of aryl methyl sites for hydroxylation is 1. The monoisotopic (exact) mass is 413 g/mol.